The van der Waals surface area contributed by atoms with Crippen molar-refractivity contribution in [2.75, 3.05) is 39.7 Å². The van der Waals surface area contributed by atoms with E-state index in [4.69, 9.17) is 16.3 Å². The first kappa shape index (κ1) is 29.3. The summed E-state index contributed by atoms with van der Waals surface area (Å²) in [5.74, 6) is 1.42. The highest BCUT2D eigenvalue weighted by Crippen LogP contribution is 2.38. The molecule has 7 nitrogen and oxygen atoms in total. The molecule has 0 N–H and O–H groups in total. The third-order valence-electron chi connectivity index (χ3n) is 7.90. The Morgan fingerprint density at radius 1 is 0.976 bits per heavy atom. The van der Waals surface area contributed by atoms with Crippen LogP contribution in [0.2, 0.25) is 5.02 Å². The van der Waals surface area contributed by atoms with Gasteiger partial charge in [-0.3, -0.25) is 4.79 Å². The molecule has 1 fully saturated rings. The molecule has 2 aromatic heterocycles. The summed E-state index contributed by atoms with van der Waals surface area (Å²) in [4.78, 5) is 30.2. The number of carbonyl (C=O) groups is 1. The summed E-state index contributed by atoms with van der Waals surface area (Å²) >= 11 is 8.31. The highest BCUT2D eigenvalue weighted by atomic mass is 35.5. The van der Waals surface area contributed by atoms with Crippen LogP contribution in [0, 0.1) is 0 Å². The summed E-state index contributed by atoms with van der Waals surface area (Å²) in [5, 5.41) is 1.47. The first-order valence-corrected chi connectivity index (χ1v) is 15.4. The third-order valence-corrected chi connectivity index (χ3v) is 9.56. The van der Waals surface area contributed by atoms with Gasteiger partial charge in [0.1, 0.15) is 10.6 Å². The largest absolute Gasteiger partial charge is 0.494 e. The van der Waals surface area contributed by atoms with Gasteiger partial charge in [0.25, 0.3) is 5.91 Å². The molecule has 0 atom stereocenters. The molecule has 2 aromatic carbocycles. The summed E-state index contributed by atoms with van der Waals surface area (Å²) in [6.07, 6.45) is 7.67. The van der Waals surface area contributed by atoms with Gasteiger partial charge >= 0.3 is 0 Å². The molecule has 1 aliphatic rings. The van der Waals surface area contributed by atoms with E-state index in [1.165, 1.54) is 11.3 Å². The Labute approximate surface area is 251 Å². The highest BCUT2D eigenvalue weighted by Gasteiger charge is 2.33. The van der Waals surface area contributed by atoms with Gasteiger partial charge in [-0.25, -0.2) is 9.97 Å². The van der Waals surface area contributed by atoms with Crippen molar-refractivity contribution in [3.05, 3.63) is 70.3 Å². The topological polar surface area (TPSA) is 61.8 Å². The molecule has 0 unspecified atom stereocenters. The number of carbonyl (C=O) groups excluding carboxylic acids is 1. The maximum atomic E-state index is 14.4. The molecule has 0 aliphatic heterocycles. The molecule has 5 rings (SSSR count). The minimum absolute atomic E-state index is 0.0176. The average molecular weight is 592 g/mol. The summed E-state index contributed by atoms with van der Waals surface area (Å²) in [5.41, 5.74) is 2.86. The van der Waals surface area contributed by atoms with Crippen LogP contribution in [-0.2, 0) is 6.54 Å². The summed E-state index contributed by atoms with van der Waals surface area (Å²) in [6.45, 7) is 2.95. The SMILES string of the molecule is CCOc1ccc(-c2cnc(N(C)C)nc2)cc1CN(C(=O)c1sc2ccccc2c1Cl)C1CCC(N(C)C)CC1. The van der Waals surface area contributed by atoms with E-state index < -0.39 is 0 Å². The Kier molecular flexibility index (Phi) is 9.12. The van der Waals surface area contributed by atoms with Crippen LogP contribution >= 0.6 is 22.9 Å². The van der Waals surface area contributed by atoms with Crippen LogP contribution in [0.1, 0.15) is 47.8 Å². The van der Waals surface area contributed by atoms with E-state index in [1.807, 2.05) is 79.6 Å². The van der Waals surface area contributed by atoms with E-state index in [9.17, 15) is 4.79 Å². The van der Waals surface area contributed by atoms with E-state index in [-0.39, 0.29) is 11.9 Å². The van der Waals surface area contributed by atoms with Crippen LogP contribution in [0.4, 0.5) is 5.95 Å². The molecular formula is C32H38ClN5O2S. The van der Waals surface area contributed by atoms with Crippen LogP contribution in [0.25, 0.3) is 21.2 Å². The number of hydrogen-bond donors (Lipinski definition) is 0. The minimum atomic E-state index is -0.0176. The molecule has 4 aromatic rings. The van der Waals surface area contributed by atoms with Crippen molar-refractivity contribution in [2.45, 2.75) is 51.2 Å². The maximum Gasteiger partial charge on any atom is 0.266 e. The molecule has 41 heavy (non-hydrogen) atoms. The number of halogens is 1. The number of hydrogen-bond acceptors (Lipinski definition) is 7. The number of rotatable bonds is 9. The molecule has 0 saturated heterocycles. The van der Waals surface area contributed by atoms with Crippen molar-refractivity contribution >= 4 is 44.9 Å². The minimum Gasteiger partial charge on any atom is -0.494 e. The zero-order valence-electron chi connectivity index (χ0n) is 24.4. The smallest absolute Gasteiger partial charge is 0.266 e. The maximum absolute atomic E-state index is 14.4. The number of amides is 1. The van der Waals surface area contributed by atoms with Gasteiger partial charge in [-0.15, -0.1) is 11.3 Å². The van der Waals surface area contributed by atoms with Gasteiger partial charge in [-0.2, -0.15) is 0 Å². The van der Waals surface area contributed by atoms with Gasteiger partial charge in [0.15, 0.2) is 0 Å². The summed E-state index contributed by atoms with van der Waals surface area (Å²) in [6, 6.07) is 14.7. The Morgan fingerprint density at radius 3 is 2.29 bits per heavy atom. The van der Waals surface area contributed by atoms with Gasteiger partial charge in [0.2, 0.25) is 5.95 Å². The van der Waals surface area contributed by atoms with E-state index in [2.05, 4.69) is 35.0 Å². The number of nitrogens with zero attached hydrogens (tertiary/aromatic N) is 5. The molecule has 2 heterocycles. The van der Waals surface area contributed by atoms with Gasteiger partial charge in [-0.1, -0.05) is 35.9 Å². The van der Waals surface area contributed by atoms with Crippen molar-refractivity contribution in [2.24, 2.45) is 0 Å². The quantitative estimate of drug-likeness (QED) is 0.209. The Bertz CT molecular complexity index is 1500. The fourth-order valence-electron chi connectivity index (χ4n) is 5.60. The summed E-state index contributed by atoms with van der Waals surface area (Å²) < 4.78 is 7.09. The van der Waals surface area contributed by atoms with Crippen molar-refractivity contribution in [3.63, 3.8) is 0 Å². The molecule has 216 valence electrons. The lowest BCUT2D eigenvalue weighted by atomic mass is 9.89. The highest BCUT2D eigenvalue weighted by molar-refractivity contribution is 7.21. The van der Waals surface area contributed by atoms with Crippen LogP contribution < -0.4 is 9.64 Å². The standard InChI is InChI=1S/C32H38ClN5O2S/c1-6-40-27-16-11-21(23-18-34-32(35-19-23)37(4)5)17-22(27)20-38(25-14-12-24(13-15-25)36(2)3)31(39)30-29(33)26-9-7-8-10-28(26)41-30/h7-11,16-19,24-25H,6,12-15,20H2,1-5H3. The fourth-order valence-corrected chi connectivity index (χ4v) is 7.07. The van der Waals surface area contributed by atoms with Crippen LogP contribution in [-0.4, -0.2) is 72.6 Å². The number of ether oxygens (including phenoxy) is 1. The molecular weight excluding hydrogens is 554 g/mol. The van der Waals surface area contributed by atoms with E-state index in [0.717, 1.165) is 58.2 Å². The van der Waals surface area contributed by atoms with E-state index >= 15 is 0 Å². The Balaban J connectivity index is 1.52. The Hall–Kier alpha value is -3.20. The zero-order chi connectivity index (χ0) is 29.1. The molecule has 9 heteroatoms. The van der Waals surface area contributed by atoms with E-state index in [1.54, 1.807) is 0 Å². The van der Waals surface area contributed by atoms with Crippen LogP contribution in [0.5, 0.6) is 5.75 Å². The predicted molar refractivity (Wildman–Crippen MR) is 169 cm³/mol. The Morgan fingerprint density at radius 2 is 1.66 bits per heavy atom. The number of thiophene rings is 1. The van der Waals surface area contributed by atoms with Gasteiger partial charge in [0, 0.05) is 66.3 Å². The van der Waals surface area contributed by atoms with Gasteiger partial charge in [-0.05, 0) is 70.5 Å². The fraction of sp³-hybridized carbons (Fsp3) is 0.406. The van der Waals surface area contributed by atoms with Crippen LogP contribution in [0.3, 0.4) is 0 Å². The molecule has 1 aliphatic carbocycles. The number of anilines is 1. The lowest BCUT2D eigenvalue weighted by Gasteiger charge is -2.39. The second-order valence-corrected chi connectivity index (χ2v) is 12.5. The number of benzene rings is 2. The molecule has 0 bridgehead atoms. The predicted octanol–water partition coefficient (Wildman–Crippen LogP) is 6.99. The molecule has 1 amide bonds. The van der Waals surface area contributed by atoms with Crippen molar-refractivity contribution in [3.8, 4) is 16.9 Å². The van der Waals surface area contributed by atoms with Crippen LogP contribution in [0.15, 0.2) is 54.9 Å². The van der Waals surface area contributed by atoms with Gasteiger partial charge < -0.3 is 19.4 Å². The van der Waals surface area contributed by atoms with Crippen molar-refractivity contribution in [1.82, 2.24) is 19.8 Å². The number of fused-ring (bicyclic) bond motifs is 1. The molecule has 1 saturated carbocycles. The second-order valence-electron chi connectivity index (χ2n) is 11.0. The van der Waals surface area contributed by atoms with Crippen molar-refractivity contribution in [1.29, 1.82) is 0 Å². The van der Waals surface area contributed by atoms with E-state index in [0.29, 0.717) is 35.0 Å². The first-order valence-electron chi connectivity index (χ1n) is 14.2. The normalized spacial score (nSPS) is 17.1. The summed E-state index contributed by atoms with van der Waals surface area (Å²) in [7, 11) is 8.12. The third kappa shape index (κ3) is 6.35. The molecule has 0 radical (unpaired) electrons. The number of aromatic nitrogens is 2. The first-order chi connectivity index (χ1) is 19.8. The monoisotopic (exact) mass is 591 g/mol. The van der Waals surface area contributed by atoms with Crippen molar-refractivity contribution < 1.29 is 9.53 Å². The van der Waals surface area contributed by atoms with Gasteiger partial charge in [0.05, 0.1) is 11.6 Å². The zero-order valence-corrected chi connectivity index (χ0v) is 26.0. The second kappa shape index (κ2) is 12.8. The molecule has 0 spiro atoms. The average Bonchev–Trinajstić information content (AvgIpc) is 3.32. The lowest BCUT2D eigenvalue weighted by molar-refractivity contribution is 0.0572. The lowest BCUT2D eigenvalue weighted by Crippen LogP contribution is -2.44.